The Morgan fingerprint density at radius 2 is 2.07 bits per heavy atom. The second-order valence-corrected chi connectivity index (χ2v) is 8.27. The van der Waals surface area contributed by atoms with Gasteiger partial charge in [0.05, 0.1) is 19.1 Å². The van der Waals surface area contributed by atoms with Crippen LogP contribution in [0.3, 0.4) is 0 Å². The van der Waals surface area contributed by atoms with E-state index in [2.05, 4.69) is 5.32 Å². The maximum absolute atomic E-state index is 12.3. The summed E-state index contributed by atoms with van der Waals surface area (Å²) >= 11 is 0. The third-order valence-corrected chi connectivity index (χ3v) is 6.14. The first-order valence-corrected chi connectivity index (χ1v) is 10.0. The van der Waals surface area contributed by atoms with Crippen molar-refractivity contribution in [1.82, 2.24) is 4.90 Å². The zero-order valence-electron chi connectivity index (χ0n) is 16.4. The molecule has 0 radical (unpaired) electrons. The highest BCUT2D eigenvalue weighted by Crippen LogP contribution is 2.47. The first-order chi connectivity index (χ1) is 13.5. The van der Waals surface area contributed by atoms with Crippen LogP contribution in [-0.2, 0) is 14.3 Å². The van der Waals surface area contributed by atoms with E-state index in [1.807, 2.05) is 18.2 Å². The monoisotopic (exact) mass is 388 g/mol. The molecule has 0 aromatic heterocycles. The molecule has 1 aromatic carbocycles. The van der Waals surface area contributed by atoms with Crippen molar-refractivity contribution >= 4 is 17.5 Å². The molecule has 0 spiro atoms. The molecule has 7 heteroatoms. The van der Waals surface area contributed by atoms with Crippen LogP contribution >= 0.6 is 0 Å². The summed E-state index contributed by atoms with van der Waals surface area (Å²) in [6.07, 6.45) is 2.95. The minimum Gasteiger partial charge on any atom is -0.487 e. The molecule has 1 aliphatic carbocycles. The van der Waals surface area contributed by atoms with Crippen LogP contribution in [0.4, 0.5) is 5.69 Å². The summed E-state index contributed by atoms with van der Waals surface area (Å²) in [4.78, 5) is 25.9. The second-order valence-electron chi connectivity index (χ2n) is 8.27. The van der Waals surface area contributed by atoms with E-state index in [-0.39, 0.29) is 48.9 Å². The van der Waals surface area contributed by atoms with Crippen molar-refractivity contribution in [2.75, 3.05) is 26.0 Å². The Bertz CT molecular complexity index is 761. The largest absolute Gasteiger partial charge is 0.487 e. The Hall–Kier alpha value is -2.12. The van der Waals surface area contributed by atoms with E-state index in [0.29, 0.717) is 6.42 Å². The molecule has 7 nitrogen and oxygen atoms in total. The quantitative estimate of drug-likeness (QED) is 0.804. The Morgan fingerprint density at radius 3 is 2.71 bits per heavy atom. The minimum absolute atomic E-state index is 0.000733. The molecule has 1 aromatic rings. The molecule has 28 heavy (non-hydrogen) atoms. The Morgan fingerprint density at radius 1 is 1.29 bits per heavy atom. The third kappa shape index (κ3) is 3.61. The number of nitrogens with zero attached hydrogens (tertiary/aromatic N) is 1. The molecule has 3 aliphatic rings. The lowest BCUT2D eigenvalue weighted by molar-refractivity contribution is -0.147. The van der Waals surface area contributed by atoms with Crippen LogP contribution in [0.25, 0.3) is 0 Å². The zero-order valence-corrected chi connectivity index (χ0v) is 16.4. The van der Waals surface area contributed by atoms with E-state index in [1.54, 1.807) is 19.0 Å². The van der Waals surface area contributed by atoms with Crippen molar-refractivity contribution in [3.63, 3.8) is 0 Å². The number of nitrogens with one attached hydrogen (secondary N) is 1. The number of rotatable bonds is 5. The van der Waals surface area contributed by atoms with E-state index in [1.165, 1.54) is 0 Å². The number of hydrogen-bond donors (Lipinski definition) is 2. The average Bonchev–Trinajstić information content (AvgIpc) is 2.97. The van der Waals surface area contributed by atoms with Gasteiger partial charge in [0.2, 0.25) is 11.8 Å². The smallest absolute Gasteiger partial charge is 0.227 e. The number of aliphatic hydroxyl groups is 1. The van der Waals surface area contributed by atoms with Crippen LogP contribution < -0.4 is 10.1 Å². The number of ether oxygens (including phenoxy) is 2. The van der Waals surface area contributed by atoms with Crippen molar-refractivity contribution < 1.29 is 24.2 Å². The predicted octanol–water partition coefficient (Wildman–Crippen LogP) is 1.90. The maximum atomic E-state index is 12.3. The summed E-state index contributed by atoms with van der Waals surface area (Å²) < 4.78 is 12.0. The Labute approximate surface area is 165 Å². The molecule has 152 valence electrons. The molecule has 4 rings (SSSR count). The van der Waals surface area contributed by atoms with Crippen LogP contribution in [0.15, 0.2) is 18.2 Å². The van der Waals surface area contributed by atoms with Gasteiger partial charge < -0.3 is 24.8 Å². The van der Waals surface area contributed by atoms with E-state index in [4.69, 9.17) is 9.47 Å². The average molecular weight is 388 g/mol. The SMILES string of the molecule is CN(C)C(=O)C[C@H]1C[C@@H]2c3cc(NC(=O)C4CCC4)ccc3O[C@@H]2[C@@H](CO)O1. The summed E-state index contributed by atoms with van der Waals surface area (Å²) in [6.45, 7) is -0.160. The van der Waals surface area contributed by atoms with Crippen molar-refractivity contribution in [2.24, 2.45) is 5.92 Å². The standard InChI is InChI=1S/C21H28N2O5/c1-23(2)19(25)10-14-9-16-15-8-13(22-21(26)12-4-3-5-12)6-7-17(15)28-20(16)18(11-24)27-14/h6-8,12,14,16,18,20,24H,3-5,9-11H2,1-2H3,(H,22,26)/t14-,16-,18-,20+/m1/s1. The van der Waals surface area contributed by atoms with Gasteiger partial charge in [-0.3, -0.25) is 9.59 Å². The molecule has 1 saturated heterocycles. The van der Waals surface area contributed by atoms with Crippen LogP contribution in [0.5, 0.6) is 5.75 Å². The fraction of sp³-hybridized carbons (Fsp3) is 0.619. The fourth-order valence-electron chi connectivity index (χ4n) is 4.26. The number of benzene rings is 1. The molecule has 0 bridgehead atoms. The van der Waals surface area contributed by atoms with Gasteiger partial charge in [0, 0.05) is 37.2 Å². The molecule has 2 amide bonds. The Balaban J connectivity index is 1.52. The predicted molar refractivity (Wildman–Crippen MR) is 103 cm³/mol. The molecule has 2 heterocycles. The van der Waals surface area contributed by atoms with Gasteiger partial charge in [0.25, 0.3) is 0 Å². The molecule has 4 atom stereocenters. The van der Waals surface area contributed by atoms with Crippen LogP contribution in [0.2, 0.25) is 0 Å². The molecule has 2 aliphatic heterocycles. The molecule has 2 fully saturated rings. The maximum Gasteiger partial charge on any atom is 0.227 e. The summed E-state index contributed by atoms with van der Waals surface area (Å²) in [5.74, 6) is 0.998. The summed E-state index contributed by atoms with van der Waals surface area (Å²) in [5, 5.41) is 12.8. The number of carbonyl (C=O) groups is 2. The van der Waals surface area contributed by atoms with Crippen molar-refractivity contribution in [3.8, 4) is 5.75 Å². The van der Waals surface area contributed by atoms with Crippen molar-refractivity contribution in [2.45, 2.75) is 56.3 Å². The molecule has 2 N–H and O–H groups in total. The van der Waals surface area contributed by atoms with Gasteiger partial charge >= 0.3 is 0 Å². The highest BCUT2D eigenvalue weighted by atomic mass is 16.6. The lowest BCUT2D eigenvalue weighted by atomic mass is 9.83. The number of aliphatic hydroxyl groups excluding tert-OH is 1. The van der Waals surface area contributed by atoms with Gasteiger partial charge in [-0.1, -0.05) is 6.42 Å². The van der Waals surface area contributed by atoms with Gasteiger partial charge in [-0.2, -0.15) is 0 Å². The second kappa shape index (κ2) is 7.72. The van der Waals surface area contributed by atoms with E-state index < -0.39 is 6.10 Å². The zero-order chi connectivity index (χ0) is 19.8. The van der Waals surface area contributed by atoms with Gasteiger partial charge in [-0.25, -0.2) is 0 Å². The summed E-state index contributed by atoms with van der Waals surface area (Å²) in [6, 6.07) is 5.70. The Kier molecular flexibility index (Phi) is 5.29. The van der Waals surface area contributed by atoms with Crippen molar-refractivity contribution in [1.29, 1.82) is 0 Å². The van der Waals surface area contributed by atoms with E-state index in [0.717, 1.165) is 36.3 Å². The van der Waals surface area contributed by atoms with Gasteiger partial charge in [-0.05, 0) is 37.5 Å². The third-order valence-electron chi connectivity index (χ3n) is 6.14. The highest BCUT2D eigenvalue weighted by Gasteiger charge is 2.46. The highest BCUT2D eigenvalue weighted by molar-refractivity contribution is 5.93. The van der Waals surface area contributed by atoms with Gasteiger partial charge in [0.1, 0.15) is 18.0 Å². The van der Waals surface area contributed by atoms with Crippen LogP contribution in [0.1, 0.15) is 43.6 Å². The molecule has 0 unspecified atom stereocenters. The van der Waals surface area contributed by atoms with Crippen molar-refractivity contribution in [3.05, 3.63) is 23.8 Å². The number of fused-ring (bicyclic) bond motifs is 3. The topological polar surface area (TPSA) is 88.1 Å². The number of amides is 2. The van der Waals surface area contributed by atoms with E-state index in [9.17, 15) is 14.7 Å². The fourth-order valence-corrected chi connectivity index (χ4v) is 4.26. The number of carbonyl (C=O) groups excluding carboxylic acids is 2. The van der Waals surface area contributed by atoms with Gasteiger partial charge in [-0.15, -0.1) is 0 Å². The molecule has 1 saturated carbocycles. The molecular formula is C21H28N2O5. The number of anilines is 1. The lowest BCUT2D eigenvalue weighted by Gasteiger charge is -2.37. The van der Waals surface area contributed by atoms with E-state index >= 15 is 0 Å². The first kappa shape index (κ1) is 19.2. The summed E-state index contributed by atoms with van der Waals surface area (Å²) in [5.41, 5.74) is 1.79. The van der Waals surface area contributed by atoms with Crippen LogP contribution in [-0.4, -0.2) is 60.8 Å². The number of hydrogen-bond acceptors (Lipinski definition) is 5. The first-order valence-electron chi connectivity index (χ1n) is 10.0. The summed E-state index contributed by atoms with van der Waals surface area (Å²) in [7, 11) is 3.45. The lowest BCUT2D eigenvalue weighted by Crippen LogP contribution is -2.47. The van der Waals surface area contributed by atoms with Gasteiger partial charge in [0.15, 0.2) is 0 Å². The van der Waals surface area contributed by atoms with Crippen LogP contribution in [0, 0.1) is 5.92 Å². The molecular weight excluding hydrogens is 360 g/mol. The minimum atomic E-state index is -0.473. The normalized spacial score (nSPS) is 28.5.